The first-order valence-electron chi connectivity index (χ1n) is 8.93. The fourth-order valence-electron chi connectivity index (χ4n) is 2.64. The van der Waals surface area contributed by atoms with Gasteiger partial charge in [-0.15, -0.1) is 0 Å². The topological polar surface area (TPSA) is 66.0 Å². The molecule has 0 saturated heterocycles. The molecule has 2 aromatic rings. The lowest BCUT2D eigenvalue weighted by Gasteiger charge is -2.14. The highest BCUT2D eigenvalue weighted by Crippen LogP contribution is 2.34. The van der Waals surface area contributed by atoms with Crippen LogP contribution in [0.15, 0.2) is 30.3 Å². The molecule has 0 aromatic heterocycles. The zero-order valence-electron chi connectivity index (χ0n) is 16.6. The van der Waals surface area contributed by atoms with E-state index in [1.807, 2.05) is 19.1 Å². The Morgan fingerprint density at radius 3 is 2.32 bits per heavy atom. The first-order chi connectivity index (χ1) is 13.5. The van der Waals surface area contributed by atoms with Crippen molar-refractivity contribution in [3.05, 3.63) is 46.5 Å². The summed E-state index contributed by atoms with van der Waals surface area (Å²) in [5.41, 5.74) is 1.77. The van der Waals surface area contributed by atoms with Crippen LogP contribution in [0, 0.1) is 6.92 Å². The van der Waals surface area contributed by atoms with Crippen molar-refractivity contribution < 1.29 is 23.7 Å². The second-order valence-corrected chi connectivity index (χ2v) is 6.57. The van der Waals surface area contributed by atoms with Gasteiger partial charge in [-0.05, 0) is 43.2 Å². The van der Waals surface area contributed by atoms with E-state index in [2.05, 4.69) is 5.32 Å². The van der Waals surface area contributed by atoms with Gasteiger partial charge in [-0.1, -0.05) is 11.6 Å². The normalized spacial score (nSPS) is 10.3. The van der Waals surface area contributed by atoms with Crippen LogP contribution < -0.4 is 24.3 Å². The SMILES string of the molecule is COc1cc(OC)c(OC)cc1CNC(=O)CCCOc1ccc(Cl)c(C)c1. The van der Waals surface area contributed by atoms with E-state index in [9.17, 15) is 4.79 Å². The molecular weight excluding hydrogens is 382 g/mol. The van der Waals surface area contributed by atoms with Gasteiger partial charge in [0, 0.05) is 29.6 Å². The van der Waals surface area contributed by atoms with E-state index < -0.39 is 0 Å². The summed E-state index contributed by atoms with van der Waals surface area (Å²) in [6.07, 6.45) is 0.971. The van der Waals surface area contributed by atoms with Gasteiger partial charge in [-0.2, -0.15) is 0 Å². The first kappa shape index (κ1) is 21.7. The average Bonchev–Trinajstić information content (AvgIpc) is 2.71. The Morgan fingerprint density at radius 1 is 1.00 bits per heavy atom. The molecule has 0 saturated carbocycles. The molecule has 1 N–H and O–H groups in total. The lowest BCUT2D eigenvalue weighted by Crippen LogP contribution is -2.23. The Hall–Kier alpha value is -2.60. The number of hydrogen-bond acceptors (Lipinski definition) is 5. The Kier molecular flexibility index (Phi) is 8.26. The fraction of sp³-hybridized carbons (Fsp3) is 0.381. The number of carbonyl (C=O) groups is 1. The van der Waals surface area contributed by atoms with E-state index in [4.69, 9.17) is 30.5 Å². The van der Waals surface area contributed by atoms with Crippen LogP contribution in [0.4, 0.5) is 0 Å². The van der Waals surface area contributed by atoms with E-state index in [0.29, 0.717) is 48.3 Å². The minimum atomic E-state index is -0.0623. The number of aryl methyl sites for hydroxylation is 1. The lowest BCUT2D eigenvalue weighted by atomic mass is 10.1. The third-order valence-electron chi connectivity index (χ3n) is 4.21. The van der Waals surface area contributed by atoms with Crippen LogP contribution in [0.2, 0.25) is 5.02 Å². The van der Waals surface area contributed by atoms with E-state index >= 15 is 0 Å². The third kappa shape index (κ3) is 5.96. The summed E-state index contributed by atoms with van der Waals surface area (Å²) >= 11 is 5.99. The molecule has 2 rings (SSSR count). The smallest absolute Gasteiger partial charge is 0.220 e. The molecule has 0 spiro atoms. The number of rotatable bonds is 10. The fourth-order valence-corrected chi connectivity index (χ4v) is 2.76. The zero-order chi connectivity index (χ0) is 20.5. The van der Waals surface area contributed by atoms with Gasteiger partial charge < -0.3 is 24.3 Å². The molecule has 28 heavy (non-hydrogen) atoms. The number of ether oxygens (including phenoxy) is 4. The molecule has 0 atom stereocenters. The average molecular weight is 408 g/mol. The molecule has 0 aliphatic carbocycles. The van der Waals surface area contributed by atoms with Crippen LogP contribution >= 0.6 is 11.6 Å². The van der Waals surface area contributed by atoms with Crippen LogP contribution in [0.25, 0.3) is 0 Å². The van der Waals surface area contributed by atoms with Crippen molar-refractivity contribution in [2.45, 2.75) is 26.3 Å². The Bertz CT molecular complexity index is 810. The maximum atomic E-state index is 12.1. The molecule has 0 fully saturated rings. The number of halogens is 1. The van der Waals surface area contributed by atoms with Gasteiger partial charge in [0.2, 0.25) is 5.91 Å². The monoisotopic (exact) mass is 407 g/mol. The number of carbonyl (C=O) groups excluding carboxylic acids is 1. The van der Waals surface area contributed by atoms with Gasteiger partial charge in [0.1, 0.15) is 11.5 Å². The van der Waals surface area contributed by atoms with Crippen LogP contribution in [0.5, 0.6) is 23.0 Å². The van der Waals surface area contributed by atoms with Crippen molar-refractivity contribution in [1.29, 1.82) is 0 Å². The maximum absolute atomic E-state index is 12.1. The lowest BCUT2D eigenvalue weighted by molar-refractivity contribution is -0.121. The first-order valence-corrected chi connectivity index (χ1v) is 9.30. The molecule has 1 amide bonds. The van der Waals surface area contributed by atoms with Crippen LogP contribution in [-0.4, -0.2) is 33.8 Å². The Balaban J connectivity index is 1.81. The van der Waals surface area contributed by atoms with Crippen LogP contribution in [0.1, 0.15) is 24.0 Å². The molecule has 6 nitrogen and oxygen atoms in total. The second-order valence-electron chi connectivity index (χ2n) is 6.16. The van der Waals surface area contributed by atoms with Gasteiger partial charge in [0.05, 0.1) is 27.9 Å². The quantitative estimate of drug-likeness (QED) is 0.599. The maximum Gasteiger partial charge on any atom is 0.220 e. The second kappa shape index (κ2) is 10.7. The Labute approximate surface area is 170 Å². The molecule has 0 bridgehead atoms. The summed E-state index contributed by atoms with van der Waals surface area (Å²) < 4.78 is 21.6. The highest BCUT2D eigenvalue weighted by Gasteiger charge is 2.12. The summed E-state index contributed by atoms with van der Waals surface area (Å²) in [5.74, 6) is 2.47. The van der Waals surface area contributed by atoms with Gasteiger partial charge in [-0.3, -0.25) is 4.79 Å². The predicted octanol–water partition coefficient (Wildman–Crippen LogP) is 4.15. The van der Waals surface area contributed by atoms with Crippen molar-refractivity contribution in [1.82, 2.24) is 5.32 Å². The van der Waals surface area contributed by atoms with Gasteiger partial charge >= 0.3 is 0 Å². The molecule has 0 radical (unpaired) electrons. The van der Waals surface area contributed by atoms with Crippen LogP contribution in [0.3, 0.4) is 0 Å². The molecule has 0 heterocycles. The van der Waals surface area contributed by atoms with Gasteiger partial charge in [-0.25, -0.2) is 0 Å². The van der Waals surface area contributed by atoms with Gasteiger partial charge in [0.15, 0.2) is 11.5 Å². The van der Waals surface area contributed by atoms with Crippen molar-refractivity contribution >= 4 is 17.5 Å². The summed E-state index contributed by atoms with van der Waals surface area (Å²) in [7, 11) is 4.70. The number of nitrogens with one attached hydrogen (secondary N) is 1. The number of benzene rings is 2. The minimum Gasteiger partial charge on any atom is -0.496 e. The van der Waals surface area contributed by atoms with Crippen LogP contribution in [-0.2, 0) is 11.3 Å². The van der Waals surface area contributed by atoms with Crippen molar-refractivity contribution in [3.8, 4) is 23.0 Å². The summed E-state index contributed by atoms with van der Waals surface area (Å²) in [4.78, 5) is 12.1. The minimum absolute atomic E-state index is 0.0623. The molecule has 0 unspecified atom stereocenters. The summed E-state index contributed by atoms with van der Waals surface area (Å²) in [6, 6.07) is 9.03. The van der Waals surface area contributed by atoms with Crippen molar-refractivity contribution in [2.24, 2.45) is 0 Å². The molecule has 2 aromatic carbocycles. The highest BCUT2D eigenvalue weighted by molar-refractivity contribution is 6.31. The van der Waals surface area contributed by atoms with E-state index in [0.717, 1.165) is 16.9 Å². The number of hydrogen-bond donors (Lipinski definition) is 1. The van der Waals surface area contributed by atoms with Crippen molar-refractivity contribution in [3.63, 3.8) is 0 Å². The molecular formula is C21H26ClNO5. The van der Waals surface area contributed by atoms with E-state index in [1.54, 1.807) is 39.5 Å². The Morgan fingerprint density at radius 2 is 1.68 bits per heavy atom. The van der Waals surface area contributed by atoms with Crippen molar-refractivity contribution in [2.75, 3.05) is 27.9 Å². The number of amides is 1. The largest absolute Gasteiger partial charge is 0.496 e. The summed E-state index contributed by atoms with van der Waals surface area (Å²) in [6.45, 7) is 2.71. The molecule has 0 aliphatic heterocycles. The zero-order valence-corrected chi connectivity index (χ0v) is 17.4. The van der Waals surface area contributed by atoms with Gasteiger partial charge in [0.25, 0.3) is 0 Å². The molecule has 0 aliphatic rings. The molecule has 152 valence electrons. The third-order valence-corrected chi connectivity index (χ3v) is 4.63. The standard InChI is InChI=1S/C21H26ClNO5/c1-14-10-16(7-8-17(14)22)28-9-5-6-21(24)23-13-15-11-19(26-3)20(27-4)12-18(15)25-2/h7-8,10-12H,5-6,9,13H2,1-4H3,(H,23,24). The molecule has 7 heteroatoms. The van der Waals surface area contributed by atoms with E-state index in [-0.39, 0.29) is 5.91 Å². The number of methoxy groups -OCH3 is 3. The predicted molar refractivity (Wildman–Crippen MR) is 109 cm³/mol. The highest BCUT2D eigenvalue weighted by atomic mass is 35.5. The van der Waals surface area contributed by atoms with E-state index in [1.165, 1.54) is 0 Å². The summed E-state index contributed by atoms with van der Waals surface area (Å²) in [5, 5.41) is 3.60.